The second kappa shape index (κ2) is 9.63. The Morgan fingerprint density at radius 3 is 2.50 bits per heavy atom. The van der Waals surface area contributed by atoms with Crippen molar-refractivity contribution < 1.29 is 19.1 Å². The second-order valence-corrected chi connectivity index (χ2v) is 8.12. The minimum absolute atomic E-state index is 0.116. The number of ether oxygens (including phenoxy) is 1. The Morgan fingerprint density at radius 1 is 1.07 bits per heavy atom. The Bertz CT molecular complexity index is 999. The number of benzene rings is 2. The zero-order chi connectivity index (χ0) is 21.7. The van der Waals surface area contributed by atoms with E-state index in [9.17, 15) is 14.4 Å². The van der Waals surface area contributed by atoms with Gasteiger partial charge in [0.15, 0.2) is 6.61 Å². The van der Waals surface area contributed by atoms with Crippen LogP contribution in [0.5, 0.6) is 5.75 Å². The summed E-state index contributed by atoms with van der Waals surface area (Å²) in [4.78, 5) is 38.2. The van der Waals surface area contributed by atoms with Gasteiger partial charge in [-0.1, -0.05) is 35.9 Å². The van der Waals surface area contributed by atoms with E-state index in [0.29, 0.717) is 10.7 Å². The molecular formula is C23H24N2O4S. The molecule has 0 spiro atoms. The lowest BCUT2D eigenvalue weighted by Gasteiger charge is -2.13. The molecule has 1 aliphatic rings. The summed E-state index contributed by atoms with van der Waals surface area (Å²) in [5, 5.41) is 2.34. The Balaban J connectivity index is 1.47. The summed E-state index contributed by atoms with van der Waals surface area (Å²) in [6, 6.07) is 13.3. The second-order valence-electron chi connectivity index (χ2n) is 7.13. The molecule has 1 heterocycles. The summed E-state index contributed by atoms with van der Waals surface area (Å²) in [6.45, 7) is 6.13. The molecule has 3 amide bonds. The molecule has 0 bridgehead atoms. The first-order valence-electron chi connectivity index (χ1n) is 9.62. The van der Waals surface area contributed by atoms with Crippen molar-refractivity contribution in [3.63, 3.8) is 0 Å². The van der Waals surface area contributed by atoms with Gasteiger partial charge < -0.3 is 10.1 Å². The predicted molar refractivity (Wildman–Crippen MR) is 118 cm³/mol. The lowest BCUT2D eigenvalue weighted by Crippen LogP contribution is -2.38. The minimum Gasteiger partial charge on any atom is -0.484 e. The fourth-order valence-corrected chi connectivity index (χ4v) is 3.68. The van der Waals surface area contributed by atoms with Gasteiger partial charge in [-0.25, -0.2) is 0 Å². The third-order valence-corrected chi connectivity index (χ3v) is 5.66. The molecule has 2 aromatic carbocycles. The fraction of sp³-hybridized carbons (Fsp3) is 0.261. The topological polar surface area (TPSA) is 75.7 Å². The number of rotatable bonds is 7. The largest absolute Gasteiger partial charge is 0.484 e. The van der Waals surface area contributed by atoms with Crippen LogP contribution in [0.4, 0.5) is 4.79 Å². The van der Waals surface area contributed by atoms with Crippen molar-refractivity contribution in [2.75, 3.05) is 19.7 Å². The molecule has 1 fully saturated rings. The first kappa shape index (κ1) is 21.6. The molecule has 1 aliphatic heterocycles. The molecule has 0 unspecified atom stereocenters. The molecule has 156 valence electrons. The molecule has 7 heteroatoms. The molecule has 0 atom stereocenters. The average Bonchev–Trinajstić information content (AvgIpc) is 2.98. The number of imide groups is 1. The smallest absolute Gasteiger partial charge is 0.293 e. The number of aryl methyl sites for hydroxylation is 3. The maximum Gasteiger partial charge on any atom is 0.293 e. The van der Waals surface area contributed by atoms with E-state index in [-0.39, 0.29) is 36.7 Å². The summed E-state index contributed by atoms with van der Waals surface area (Å²) >= 11 is 0.911. The average molecular weight is 425 g/mol. The van der Waals surface area contributed by atoms with Gasteiger partial charge >= 0.3 is 0 Å². The van der Waals surface area contributed by atoms with Crippen molar-refractivity contribution in [2.24, 2.45) is 0 Å². The number of hydrogen-bond donors (Lipinski definition) is 1. The summed E-state index contributed by atoms with van der Waals surface area (Å²) in [5.41, 5.74) is 4.23. The highest BCUT2D eigenvalue weighted by Gasteiger charge is 2.34. The van der Waals surface area contributed by atoms with Crippen molar-refractivity contribution in [1.29, 1.82) is 0 Å². The number of nitrogens with one attached hydrogen (secondary N) is 1. The number of carbonyl (C=O) groups excluding carboxylic acids is 3. The molecular weight excluding hydrogens is 400 g/mol. The van der Waals surface area contributed by atoms with Crippen molar-refractivity contribution >= 4 is 34.9 Å². The molecule has 3 rings (SSSR count). The van der Waals surface area contributed by atoms with E-state index in [0.717, 1.165) is 38.9 Å². The van der Waals surface area contributed by atoms with E-state index >= 15 is 0 Å². The van der Waals surface area contributed by atoms with E-state index in [2.05, 4.69) is 5.32 Å². The van der Waals surface area contributed by atoms with Crippen LogP contribution in [0.25, 0.3) is 6.08 Å². The summed E-state index contributed by atoms with van der Waals surface area (Å²) in [7, 11) is 0. The minimum atomic E-state index is -0.341. The first-order chi connectivity index (χ1) is 14.3. The normalized spacial score (nSPS) is 15.0. The van der Waals surface area contributed by atoms with Crippen LogP contribution in [0.2, 0.25) is 0 Å². The van der Waals surface area contributed by atoms with Gasteiger partial charge in [0.1, 0.15) is 5.75 Å². The van der Waals surface area contributed by atoms with Crippen molar-refractivity contribution in [3.05, 3.63) is 69.6 Å². The Labute approximate surface area is 180 Å². The van der Waals surface area contributed by atoms with Crippen LogP contribution < -0.4 is 10.1 Å². The third kappa shape index (κ3) is 5.51. The SMILES string of the molecule is Cc1ccc(C=C2SC(=O)N(CCNC(=O)COc3ccc(C)c(C)c3)C2=O)cc1. The molecule has 0 aliphatic carbocycles. The summed E-state index contributed by atoms with van der Waals surface area (Å²) < 4.78 is 5.49. The zero-order valence-electron chi connectivity index (χ0n) is 17.2. The molecule has 0 radical (unpaired) electrons. The fourth-order valence-electron chi connectivity index (χ4n) is 2.82. The summed E-state index contributed by atoms with van der Waals surface area (Å²) in [6.07, 6.45) is 1.71. The van der Waals surface area contributed by atoms with Crippen LogP contribution in [0, 0.1) is 20.8 Å². The monoisotopic (exact) mass is 424 g/mol. The number of hydrogen-bond acceptors (Lipinski definition) is 5. The molecule has 0 saturated carbocycles. The summed E-state index contributed by atoms with van der Waals surface area (Å²) in [5.74, 6) is -0.0259. The van der Waals surface area contributed by atoms with Crippen LogP contribution in [0.15, 0.2) is 47.4 Å². The van der Waals surface area contributed by atoms with Gasteiger partial charge in [0.05, 0.1) is 4.91 Å². The Hall–Kier alpha value is -3.06. The van der Waals surface area contributed by atoms with Crippen LogP contribution in [0.3, 0.4) is 0 Å². The van der Waals surface area contributed by atoms with Gasteiger partial charge in [-0.2, -0.15) is 0 Å². The van der Waals surface area contributed by atoms with Crippen LogP contribution in [-0.4, -0.2) is 41.6 Å². The molecule has 1 N–H and O–H groups in total. The van der Waals surface area contributed by atoms with E-state index in [1.807, 2.05) is 63.2 Å². The molecule has 1 saturated heterocycles. The highest BCUT2D eigenvalue weighted by molar-refractivity contribution is 8.18. The van der Waals surface area contributed by atoms with Crippen LogP contribution in [-0.2, 0) is 9.59 Å². The highest BCUT2D eigenvalue weighted by atomic mass is 32.2. The standard InChI is InChI=1S/C23H24N2O4S/c1-15-4-7-18(8-5-15)13-20-22(27)25(23(28)30-20)11-10-24-21(26)14-29-19-9-6-16(2)17(3)12-19/h4-9,12-13H,10-11,14H2,1-3H3,(H,24,26). The zero-order valence-corrected chi connectivity index (χ0v) is 18.0. The maximum atomic E-state index is 12.5. The lowest BCUT2D eigenvalue weighted by atomic mass is 10.1. The van der Waals surface area contributed by atoms with Gasteiger partial charge in [-0.05, 0) is 67.4 Å². The first-order valence-corrected chi connectivity index (χ1v) is 10.4. The number of amides is 3. The molecule has 0 aromatic heterocycles. The van der Waals surface area contributed by atoms with Crippen molar-refractivity contribution in [1.82, 2.24) is 10.2 Å². The lowest BCUT2D eigenvalue weighted by molar-refractivity contribution is -0.125. The number of carbonyl (C=O) groups is 3. The van der Waals surface area contributed by atoms with Gasteiger partial charge in [0, 0.05) is 13.1 Å². The van der Waals surface area contributed by atoms with E-state index < -0.39 is 0 Å². The maximum absolute atomic E-state index is 12.5. The predicted octanol–water partition coefficient (Wildman–Crippen LogP) is 3.84. The van der Waals surface area contributed by atoms with Gasteiger partial charge in [0.2, 0.25) is 0 Å². The molecule has 2 aromatic rings. The number of thioether (sulfide) groups is 1. The van der Waals surface area contributed by atoms with Crippen molar-refractivity contribution in [2.45, 2.75) is 20.8 Å². The molecule has 6 nitrogen and oxygen atoms in total. The van der Waals surface area contributed by atoms with Gasteiger partial charge in [0.25, 0.3) is 17.1 Å². The van der Waals surface area contributed by atoms with Crippen LogP contribution in [0.1, 0.15) is 22.3 Å². The molecule has 30 heavy (non-hydrogen) atoms. The van der Waals surface area contributed by atoms with E-state index in [1.165, 1.54) is 0 Å². The Kier molecular flexibility index (Phi) is 6.95. The number of nitrogens with zero attached hydrogens (tertiary/aromatic N) is 1. The van der Waals surface area contributed by atoms with Gasteiger partial charge in [-0.3, -0.25) is 19.3 Å². The van der Waals surface area contributed by atoms with Crippen molar-refractivity contribution in [3.8, 4) is 5.75 Å². The quantitative estimate of drug-likeness (QED) is 0.684. The highest BCUT2D eigenvalue weighted by Crippen LogP contribution is 2.31. The van der Waals surface area contributed by atoms with Crippen LogP contribution >= 0.6 is 11.8 Å². The van der Waals surface area contributed by atoms with E-state index in [1.54, 1.807) is 6.08 Å². The van der Waals surface area contributed by atoms with Gasteiger partial charge in [-0.15, -0.1) is 0 Å². The Morgan fingerprint density at radius 2 is 1.80 bits per heavy atom. The third-order valence-electron chi connectivity index (χ3n) is 4.75. The van der Waals surface area contributed by atoms with E-state index in [4.69, 9.17) is 4.74 Å².